The lowest BCUT2D eigenvalue weighted by Gasteiger charge is -2.06. The first-order chi connectivity index (χ1) is 9.27. The van der Waals surface area contributed by atoms with Gasteiger partial charge in [0, 0.05) is 25.0 Å². The van der Waals surface area contributed by atoms with E-state index in [2.05, 4.69) is 5.16 Å². The molecule has 5 nitrogen and oxygen atoms in total. The van der Waals surface area contributed by atoms with E-state index >= 15 is 0 Å². The van der Waals surface area contributed by atoms with E-state index in [9.17, 15) is 0 Å². The van der Waals surface area contributed by atoms with E-state index in [1.807, 2.05) is 23.9 Å². The molecule has 0 aromatic heterocycles. The third-order valence-corrected chi connectivity index (χ3v) is 3.42. The van der Waals surface area contributed by atoms with E-state index in [4.69, 9.17) is 20.4 Å². The largest absolute Gasteiger partial charge is 0.493 e. The van der Waals surface area contributed by atoms with Gasteiger partial charge in [0.1, 0.15) is 5.75 Å². The summed E-state index contributed by atoms with van der Waals surface area (Å²) in [6.45, 7) is 1.48. The predicted octanol–water partition coefficient (Wildman–Crippen LogP) is 1.93. The summed E-state index contributed by atoms with van der Waals surface area (Å²) >= 11 is 1.85. The van der Waals surface area contributed by atoms with Gasteiger partial charge in [-0.2, -0.15) is 11.8 Å². The summed E-state index contributed by atoms with van der Waals surface area (Å²) in [4.78, 5) is 0. The van der Waals surface area contributed by atoms with Crippen LogP contribution in [0.15, 0.2) is 29.4 Å². The highest BCUT2D eigenvalue weighted by Crippen LogP contribution is 2.13. The molecule has 0 saturated heterocycles. The zero-order valence-electron chi connectivity index (χ0n) is 11.0. The van der Waals surface area contributed by atoms with Crippen molar-refractivity contribution in [2.75, 3.05) is 31.8 Å². The Morgan fingerprint density at radius 3 is 2.63 bits per heavy atom. The Morgan fingerprint density at radius 2 is 2.00 bits per heavy atom. The van der Waals surface area contributed by atoms with Crippen LogP contribution in [0.5, 0.6) is 5.75 Å². The van der Waals surface area contributed by atoms with Crippen LogP contribution in [0.25, 0.3) is 0 Å². The fourth-order valence-electron chi connectivity index (χ4n) is 1.41. The van der Waals surface area contributed by atoms with Crippen LogP contribution in [-0.4, -0.2) is 42.9 Å². The van der Waals surface area contributed by atoms with Gasteiger partial charge < -0.3 is 20.4 Å². The lowest BCUT2D eigenvalue weighted by atomic mass is 10.2. The van der Waals surface area contributed by atoms with E-state index in [-0.39, 0.29) is 5.84 Å². The molecule has 1 rings (SSSR count). The molecular weight excluding hydrogens is 264 g/mol. The van der Waals surface area contributed by atoms with Gasteiger partial charge in [0.05, 0.1) is 6.61 Å². The van der Waals surface area contributed by atoms with Gasteiger partial charge in [0.15, 0.2) is 5.84 Å². The quantitative estimate of drug-likeness (QED) is 0.238. The number of amidine groups is 1. The molecule has 0 spiro atoms. The molecule has 0 aliphatic carbocycles. The zero-order chi connectivity index (χ0) is 13.9. The number of benzene rings is 1. The molecule has 0 saturated carbocycles. The van der Waals surface area contributed by atoms with Crippen molar-refractivity contribution in [1.29, 1.82) is 0 Å². The maximum absolute atomic E-state index is 8.54. The molecule has 19 heavy (non-hydrogen) atoms. The van der Waals surface area contributed by atoms with Crippen molar-refractivity contribution in [2.24, 2.45) is 10.9 Å². The number of nitrogens with zero attached hydrogens (tertiary/aromatic N) is 1. The van der Waals surface area contributed by atoms with E-state index in [1.54, 1.807) is 19.2 Å². The molecule has 0 heterocycles. The van der Waals surface area contributed by atoms with Crippen molar-refractivity contribution in [1.82, 2.24) is 0 Å². The van der Waals surface area contributed by atoms with Gasteiger partial charge in [-0.3, -0.25) is 0 Å². The van der Waals surface area contributed by atoms with Gasteiger partial charge in [-0.15, -0.1) is 0 Å². The van der Waals surface area contributed by atoms with Crippen molar-refractivity contribution in [3.8, 4) is 5.75 Å². The molecule has 0 fully saturated rings. The molecule has 106 valence electrons. The smallest absolute Gasteiger partial charge is 0.170 e. The van der Waals surface area contributed by atoms with Crippen LogP contribution in [0.2, 0.25) is 0 Å². The Balaban J connectivity index is 2.19. The number of hydrogen-bond donors (Lipinski definition) is 2. The van der Waals surface area contributed by atoms with Crippen molar-refractivity contribution in [2.45, 2.75) is 6.42 Å². The summed E-state index contributed by atoms with van der Waals surface area (Å²) in [5, 5.41) is 11.5. The fourth-order valence-corrected chi connectivity index (χ4v) is 2.13. The summed E-state index contributed by atoms with van der Waals surface area (Å²) < 4.78 is 10.6. The lowest BCUT2D eigenvalue weighted by Crippen LogP contribution is -2.12. The van der Waals surface area contributed by atoms with E-state index < -0.39 is 0 Å². The number of oxime groups is 1. The highest BCUT2D eigenvalue weighted by atomic mass is 32.2. The Labute approximate surface area is 117 Å². The Kier molecular flexibility index (Phi) is 7.84. The van der Waals surface area contributed by atoms with Crippen LogP contribution in [0, 0.1) is 0 Å². The molecule has 0 bridgehead atoms. The van der Waals surface area contributed by atoms with Crippen LogP contribution in [-0.2, 0) is 4.74 Å². The Morgan fingerprint density at radius 1 is 1.26 bits per heavy atom. The Bertz CT molecular complexity index is 382. The van der Waals surface area contributed by atoms with E-state index in [1.165, 1.54) is 0 Å². The van der Waals surface area contributed by atoms with Crippen LogP contribution < -0.4 is 10.5 Å². The first-order valence-electron chi connectivity index (χ1n) is 6.05. The molecule has 0 atom stereocenters. The second-order valence-electron chi connectivity index (χ2n) is 3.82. The fraction of sp³-hybridized carbons (Fsp3) is 0.462. The van der Waals surface area contributed by atoms with Crippen LogP contribution >= 0.6 is 11.8 Å². The maximum atomic E-state index is 8.54. The molecule has 1 aromatic carbocycles. The Hall–Kier alpha value is -1.40. The SMILES string of the molecule is COCCCSCCOc1ccc(/C(N)=N/O)cc1. The number of hydrogen-bond acceptors (Lipinski definition) is 5. The molecule has 0 radical (unpaired) electrons. The molecule has 3 N–H and O–H groups in total. The standard InChI is InChI=1S/C13H20N2O3S/c1-17-7-2-9-19-10-8-18-12-5-3-11(4-6-12)13(14)15-16/h3-6,16H,2,7-10H2,1H3,(H2,14,15). The summed E-state index contributed by atoms with van der Waals surface area (Å²) in [6, 6.07) is 7.14. The molecule has 0 amide bonds. The first kappa shape index (κ1) is 15.7. The van der Waals surface area contributed by atoms with Crippen molar-refractivity contribution in [3.05, 3.63) is 29.8 Å². The number of ether oxygens (including phenoxy) is 2. The van der Waals surface area contributed by atoms with Gasteiger partial charge in [-0.1, -0.05) is 5.16 Å². The van der Waals surface area contributed by atoms with Crippen LogP contribution in [0.1, 0.15) is 12.0 Å². The third-order valence-electron chi connectivity index (χ3n) is 2.39. The lowest BCUT2D eigenvalue weighted by molar-refractivity contribution is 0.200. The molecule has 1 aromatic rings. The average Bonchev–Trinajstić information content (AvgIpc) is 2.46. The van der Waals surface area contributed by atoms with E-state index in [0.717, 1.165) is 30.3 Å². The molecule has 6 heteroatoms. The van der Waals surface area contributed by atoms with Gasteiger partial charge in [0.25, 0.3) is 0 Å². The van der Waals surface area contributed by atoms with Gasteiger partial charge in [-0.25, -0.2) is 0 Å². The van der Waals surface area contributed by atoms with Crippen molar-refractivity contribution in [3.63, 3.8) is 0 Å². The maximum Gasteiger partial charge on any atom is 0.170 e. The third kappa shape index (κ3) is 6.35. The van der Waals surface area contributed by atoms with Crippen LogP contribution in [0.4, 0.5) is 0 Å². The highest BCUT2D eigenvalue weighted by molar-refractivity contribution is 7.99. The van der Waals surface area contributed by atoms with E-state index in [0.29, 0.717) is 12.2 Å². The average molecular weight is 284 g/mol. The first-order valence-corrected chi connectivity index (χ1v) is 7.21. The molecular formula is C13H20N2O3S. The summed E-state index contributed by atoms with van der Waals surface area (Å²) in [5.41, 5.74) is 6.14. The minimum atomic E-state index is 0.0975. The predicted molar refractivity (Wildman–Crippen MR) is 78.3 cm³/mol. The molecule has 0 aliphatic heterocycles. The summed E-state index contributed by atoms with van der Waals surface area (Å²) in [6.07, 6.45) is 1.07. The van der Waals surface area contributed by atoms with Gasteiger partial charge >= 0.3 is 0 Å². The van der Waals surface area contributed by atoms with Gasteiger partial charge in [0.2, 0.25) is 0 Å². The van der Waals surface area contributed by atoms with Crippen molar-refractivity contribution < 1.29 is 14.7 Å². The summed E-state index contributed by atoms with van der Waals surface area (Å²) in [7, 11) is 1.71. The normalized spacial score (nSPS) is 11.5. The minimum absolute atomic E-state index is 0.0975. The number of thioether (sulfide) groups is 1. The second-order valence-corrected chi connectivity index (χ2v) is 5.04. The van der Waals surface area contributed by atoms with Gasteiger partial charge in [-0.05, 0) is 36.4 Å². The monoisotopic (exact) mass is 284 g/mol. The zero-order valence-corrected chi connectivity index (χ0v) is 11.9. The van der Waals surface area contributed by atoms with Crippen molar-refractivity contribution >= 4 is 17.6 Å². The molecule has 0 unspecified atom stereocenters. The number of nitrogens with two attached hydrogens (primary N) is 1. The molecule has 0 aliphatic rings. The minimum Gasteiger partial charge on any atom is -0.493 e. The number of methoxy groups -OCH3 is 1. The highest BCUT2D eigenvalue weighted by Gasteiger charge is 1.99. The summed E-state index contributed by atoms with van der Waals surface area (Å²) in [5.74, 6) is 2.91. The number of rotatable bonds is 9. The second kappa shape index (κ2) is 9.52. The topological polar surface area (TPSA) is 77.1 Å². The van der Waals surface area contributed by atoms with Crippen LogP contribution in [0.3, 0.4) is 0 Å².